The van der Waals surface area contributed by atoms with Crippen molar-refractivity contribution in [1.82, 2.24) is 10.2 Å². The highest BCUT2D eigenvalue weighted by Gasteiger charge is 2.10. The van der Waals surface area contributed by atoms with Crippen LogP contribution in [0.5, 0.6) is 0 Å². The van der Waals surface area contributed by atoms with E-state index in [2.05, 4.69) is 18.8 Å². The summed E-state index contributed by atoms with van der Waals surface area (Å²) in [6.07, 6.45) is 2.72. The number of rotatable bonds is 5. The third-order valence-electron chi connectivity index (χ3n) is 1.54. The SMILES string of the molecule is C=CCN(CCC)C(=O)NC(C)C. The van der Waals surface area contributed by atoms with E-state index < -0.39 is 0 Å². The molecule has 0 aromatic heterocycles. The molecule has 0 fully saturated rings. The normalized spacial score (nSPS) is 9.85. The van der Waals surface area contributed by atoms with Crippen molar-refractivity contribution in [3.8, 4) is 0 Å². The van der Waals surface area contributed by atoms with E-state index in [-0.39, 0.29) is 12.1 Å². The van der Waals surface area contributed by atoms with E-state index in [0.29, 0.717) is 6.54 Å². The van der Waals surface area contributed by atoms with Gasteiger partial charge in [0.05, 0.1) is 0 Å². The van der Waals surface area contributed by atoms with Gasteiger partial charge in [0.15, 0.2) is 0 Å². The average molecular weight is 184 g/mol. The summed E-state index contributed by atoms with van der Waals surface area (Å²) in [6.45, 7) is 11.0. The lowest BCUT2D eigenvalue weighted by molar-refractivity contribution is 0.201. The van der Waals surface area contributed by atoms with Crippen LogP contribution in [0.2, 0.25) is 0 Å². The van der Waals surface area contributed by atoms with Crippen molar-refractivity contribution in [3.05, 3.63) is 12.7 Å². The molecule has 0 spiro atoms. The molecule has 0 unspecified atom stereocenters. The van der Waals surface area contributed by atoms with Crippen LogP contribution in [0.3, 0.4) is 0 Å². The number of amides is 2. The highest BCUT2D eigenvalue weighted by atomic mass is 16.2. The highest BCUT2D eigenvalue weighted by molar-refractivity contribution is 5.74. The van der Waals surface area contributed by atoms with Crippen molar-refractivity contribution >= 4 is 6.03 Å². The van der Waals surface area contributed by atoms with Crippen molar-refractivity contribution in [2.75, 3.05) is 13.1 Å². The molecule has 76 valence electrons. The number of carbonyl (C=O) groups is 1. The Morgan fingerprint density at radius 1 is 1.62 bits per heavy atom. The Hall–Kier alpha value is -0.990. The van der Waals surface area contributed by atoms with Crippen LogP contribution in [0.25, 0.3) is 0 Å². The summed E-state index contributed by atoms with van der Waals surface area (Å²) in [4.78, 5) is 13.3. The van der Waals surface area contributed by atoms with Crippen molar-refractivity contribution in [3.63, 3.8) is 0 Å². The number of urea groups is 1. The van der Waals surface area contributed by atoms with Gasteiger partial charge in [-0.2, -0.15) is 0 Å². The minimum Gasteiger partial charge on any atom is -0.336 e. The molecule has 0 aliphatic rings. The summed E-state index contributed by atoms with van der Waals surface area (Å²) < 4.78 is 0. The molecule has 0 aliphatic heterocycles. The molecule has 0 aromatic rings. The second kappa shape index (κ2) is 6.52. The van der Waals surface area contributed by atoms with Gasteiger partial charge in [-0.05, 0) is 20.3 Å². The smallest absolute Gasteiger partial charge is 0.317 e. The first kappa shape index (κ1) is 12.0. The zero-order valence-corrected chi connectivity index (χ0v) is 8.84. The Morgan fingerprint density at radius 2 is 2.23 bits per heavy atom. The van der Waals surface area contributed by atoms with E-state index in [9.17, 15) is 4.79 Å². The summed E-state index contributed by atoms with van der Waals surface area (Å²) in [5, 5.41) is 2.85. The Labute approximate surface area is 80.8 Å². The van der Waals surface area contributed by atoms with Gasteiger partial charge in [-0.3, -0.25) is 0 Å². The van der Waals surface area contributed by atoms with Crippen LogP contribution in [-0.2, 0) is 0 Å². The van der Waals surface area contributed by atoms with E-state index in [1.54, 1.807) is 11.0 Å². The summed E-state index contributed by atoms with van der Waals surface area (Å²) in [7, 11) is 0. The van der Waals surface area contributed by atoms with Crippen LogP contribution in [0.15, 0.2) is 12.7 Å². The average Bonchev–Trinajstić information content (AvgIpc) is 2.02. The number of hydrogen-bond acceptors (Lipinski definition) is 1. The van der Waals surface area contributed by atoms with Gasteiger partial charge in [0.2, 0.25) is 0 Å². The second-order valence-corrected chi connectivity index (χ2v) is 3.34. The topological polar surface area (TPSA) is 32.3 Å². The van der Waals surface area contributed by atoms with E-state index in [1.165, 1.54) is 0 Å². The summed E-state index contributed by atoms with van der Waals surface area (Å²) in [5.41, 5.74) is 0. The lowest BCUT2D eigenvalue weighted by Crippen LogP contribution is -2.43. The van der Waals surface area contributed by atoms with Gasteiger partial charge in [-0.1, -0.05) is 13.0 Å². The molecule has 1 N–H and O–H groups in total. The largest absolute Gasteiger partial charge is 0.336 e. The standard InChI is InChI=1S/C10H20N2O/c1-5-7-12(8-6-2)10(13)11-9(3)4/h5,9H,1,6-8H2,2-4H3,(H,11,13). The maximum Gasteiger partial charge on any atom is 0.317 e. The number of carbonyl (C=O) groups excluding carboxylic acids is 1. The Bertz CT molecular complexity index is 166. The van der Waals surface area contributed by atoms with Gasteiger partial charge >= 0.3 is 6.03 Å². The van der Waals surface area contributed by atoms with E-state index in [1.807, 2.05) is 13.8 Å². The molecular formula is C10H20N2O. The minimum atomic E-state index is -0.00301. The molecular weight excluding hydrogens is 164 g/mol. The van der Waals surface area contributed by atoms with Crippen LogP contribution in [0.4, 0.5) is 4.79 Å². The zero-order chi connectivity index (χ0) is 10.3. The molecule has 3 heteroatoms. The molecule has 13 heavy (non-hydrogen) atoms. The lowest BCUT2D eigenvalue weighted by atomic mass is 10.4. The van der Waals surface area contributed by atoms with E-state index in [4.69, 9.17) is 0 Å². The van der Waals surface area contributed by atoms with Crippen molar-refractivity contribution in [2.24, 2.45) is 0 Å². The predicted molar refractivity (Wildman–Crippen MR) is 55.7 cm³/mol. The lowest BCUT2D eigenvalue weighted by Gasteiger charge is -2.22. The van der Waals surface area contributed by atoms with Gasteiger partial charge in [-0.15, -0.1) is 6.58 Å². The number of nitrogens with one attached hydrogen (secondary N) is 1. The molecule has 0 rings (SSSR count). The molecule has 0 heterocycles. The van der Waals surface area contributed by atoms with Gasteiger partial charge < -0.3 is 10.2 Å². The Kier molecular flexibility index (Phi) is 6.02. The van der Waals surface area contributed by atoms with Gasteiger partial charge in [0, 0.05) is 19.1 Å². The quantitative estimate of drug-likeness (QED) is 0.651. The third-order valence-corrected chi connectivity index (χ3v) is 1.54. The summed E-state index contributed by atoms with van der Waals surface area (Å²) in [6, 6.07) is 0.188. The monoisotopic (exact) mass is 184 g/mol. The molecule has 0 saturated carbocycles. The van der Waals surface area contributed by atoms with Crippen LogP contribution >= 0.6 is 0 Å². The first-order valence-electron chi connectivity index (χ1n) is 4.78. The first-order valence-corrected chi connectivity index (χ1v) is 4.78. The summed E-state index contributed by atoms with van der Waals surface area (Å²) >= 11 is 0. The van der Waals surface area contributed by atoms with Crippen LogP contribution < -0.4 is 5.32 Å². The Balaban J connectivity index is 4.02. The molecule has 0 atom stereocenters. The van der Waals surface area contributed by atoms with Crippen molar-refractivity contribution < 1.29 is 4.79 Å². The van der Waals surface area contributed by atoms with Crippen LogP contribution in [0, 0.1) is 0 Å². The number of nitrogens with zero attached hydrogens (tertiary/aromatic N) is 1. The fourth-order valence-electron chi connectivity index (χ4n) is 1.04. The first-order chi connectivity index (χ1) is 6.11. The van der Waals surface area contributed by atoms with Gasteiger partial charge in [0.25, 0.3) is 0 Å². The highest BCUT2D eigenvalue weighted by Crippen LogP contribution is 1.93. The van der Waals surface area contributed by atoms with E-state index in [0.717, 1.165) is 13.0 Å². The fourth-order valence-corrected chi connectivity index (χ4v) is 1.04. The van der Waals surface area contributed by atoms with Crippen molar-refractivity contribution in [2.45, 2.75) is 33.2 Å². The maximum absolute atomic E-state index is 11.5. The van der Waals surface area contributed by atoms with Gasteiger partial charge in [-0.25, -0.2) is 4.79 Å². The molecule has 3 nitrogen and oxygen atoms in total. The molecule has 0 saturated heterocycles. The fraction of sp³-hybridized carbons (Fsp3) is 0.700. The minimum absolute atomic E-state index is 0.00301. The van der Waals surface area contributed by atoms with E-state index >= 15 is 0 Å². The Morgan fingerprint density at radius 3 is 2.62 bits per heavy atom. The maximum atomic E-state index is 11.5. The van der Waals surface area contributed by atoms with Crippen LogP contribution in [-0.4, -0.2) is 30.1 Å². The molecule has 0 radical (unpaired) electrons. The van der Waals surface area contributed by atoms with Gasteiger partial charge in [0.1, 0.15) is 0 Å². The molecule has 0 aliphatic carbocycles. The summed E-state index contributed by atoms with van der Waals surface area (Å²) in [5.74, 6) is 0. The molecule has 0 bridgehead atoms. The zero-order valence-electron chi connectivity index (χ0n) is 8.84. The second-order valence-electron chi connectivity index (χ2n) is 3.34. The predicted octanol–water partition coefficient (Wildman–Crippen LogP) is 2.00. The van der Waals surface area contributed by atoms with Crippen molar-refractivity contribution in [1.29, 1.82) is 0 Å². The molecule has 2 amide bonds. The molecule has 0 aromatic carbocycles. The third kappa shape index (κ3) is 5.28. The number of hydrogen-bond donors (Lipinski definition) is 1. The van der Waals surface area contributed by atoms with Crippen LogP contribution in [0.1, 0.15) is 27.2 Å².